The van der Waals surface area contributed by atoms with E-state index >= 15 is 0 Å². The van der Waals surface area contributed by atoms with Crippen LogP contribution < -0.4 is 0 Å². The fraction of sp³-hybridized carbons (Fsp3) is 0.333. The number of amides is 1. The van der Waals surface area contributed by atoms with Crippen molar-refractivity contribution in [3.05, 3.63) is 59.7 Å². The second-order valence-electron chi connectivity index (χ2n) is 6.74. The lowest BCUT2D eigenvalue weighted by Crippen LogP contribution is -2.43. The number of likely N-dealkylation sites (tertiary alicyclic amines) is 1. The SMILES string of the molecule is C[C@H]1CCCCN1C(=O)CON=C1c2ccccc2-c2ccccc21. The molecule has 1 saturated heterocycles. The van der Waals surface area contributed by atoms with Crippen LogP contribution in [-0.2, 0) is 9.63 Å². The van der Waals surface area contributed by atoms with E-state index in [0.717, 1.165) is 47.4 Å². The van der Waals surface area contributed by atoms with Gasteiger partial charge in [-0.25, -0.2) is 0 Å². The van der Waals surface area contributed by atoms with E-state index in [1.165, 1.54) is 6.42 Å². The Morgan fingerprint density at radius 2 is 1.64 bits per heavy atom. The normalized spacial score (nSPS) is 18.5. The van der Waals surface area contributed by atoms with Gasteiger partial charge in [0.2, 0.25) is 0 Å². The minimum absolute atomic E-state index is 0.00181. The molecule has 4 rings (SSSR count). The summed E-state index contributed by atoms with van der Waals surface area (Å²) in [5, 5.41) is 4.33. The van der Waals surface area contributed by atoms with Gasteiger partial charge in [-0.2, -0.15) is 0 Å². The van der Waals surface area contributed by atoms with E-state index in [2.05, 4.69) is 24.2 Å². The Hall–Kier alpha value is -2.62. The Morgan fingerprint density at radius 1 is 1.04 bits per heavy atom. The second-order valence-corrected chi connectivity index (χ2v) is 6.74. The van der Waals surface area contributed by atoms with Gasteiger partial charge < -0.3 is 9.74 Å². The fourth-order valence-electron chi connectivity index (χ4n) is 3.80. The zero-order valence-corrected chi connectivity index (χ0v) is 14.4. The highest BCUT2D eigenvalue weighted by atomic mass is 16.6. The molecule has 2 aromatic rings. The summed E-state index contributed by atoms with van der Waals surface area (Å²) in [6, 6.07) is 16.6. The summed E-state index contributed by atoms with van der Waals surface area (Å²) in [6.45, 7) is 2.93. The van der Waals surface area contributed by atoms with Gasteiger partial charge in [0.1, 0.15) is 5.71 Å². The minimum atomic E-state index is -0.00181. The first-order valence-electron chi connectivity index (χ1n) is 8.94. The first-order chi connectivity index (χ1) is 12.3. The molecule has 0 radical (unpaired) electrons. The molecular formula is C21H22N2O2. The van der Waals surface area contributed by atoms with Gasteiger partial charge in [-0.1, -0.05) is 53.7 Å². The molecule has 1 heterocycles. The Bertz CT molecular complexity index is 781. The number of fused-ring (bicyclic) bond motifs is 3. The average molecular weight is 334 g/mol. The molecule has 128 valence electrons. The quantitative estimate of drug-likeness (QED) is 0.683. The van der Waals surface area contributed by atoms with Gasteiger partial charge >= 0.3 is 0 Å². The highest BCUT2D eigenvalue weighted by molar-refractivity contribution is 6.24. The van der Waals surface area contributed by atoms with Crippen LogP contribution in [0.1, 0.15) is 37.3 Å². The monoisotopic (exact) mass is 334 g/mol. The third-order valence-electron chi connectivity index (χ3n) is 5.12. The highest BCUT2D eigenvalue weighted by Crippen LogP contribution is 2.36. The Kier molecular flexibility index (Phi) is 4.26. The molecule has 2 aliphatic rings. The van der Waals surface area contributed by atoms with E-state index in [1.807, 2.05) is 41.3 Å². The van der Waals surface area contributed by atoms with Crippen LogP contribution in [0.5, 0.6) is 0 Å². The summed E-state index contributed by atoms with van der Waals surface area (Å²) in [5.74, 6) is 0.0242. The van der Waals surface area contributed by atoms with Crippen LogP contribution in [0.4, 0.5) is 0 Å². The molecule has 1 fully saturated rings. The van der Waals surface area contributed by atoms with Crippen molar-refractivity contribution in [3.63, 3.8) is 0 Å². The number of hydrogen-bond acceptors (Lipinski definition) is 3. The van der Waals surface area contributed by atoms with Gasteiger partial charge in [0, 0.05) is 23.7 Å². The molecule has 4 heteroatoms. The van der Waals surface area contributed by atoms with Crippen LogP contribution in [0.25, 0.3) is 11.1 Å². The molecule has 1 aliphatic heterocycles. The predicted molar refractivity (Wildman–Crippen MR) is 98.5 cm³/mol. The maximum Gasteiger partial charge on any atom is 0.263 e. The molecule has 1 aliphatic carbocycles. The first-order valence-corrected chi connectivity index (χ1v) is 8.94. The molecule has 4 nitrogen and oxygen atoms in total. The van der Waals surface area contributed by atoms with Crippen LogP contribution in [0.2, 0.25) is 0 Å². The minimum Gasteiger partial charge on any atom is -0.385 e. The van der Waals surface area contributed by atoms with Crippen LogP contribution in [-0.4, -0.2) is 35.7 Å². The Morgan fingerprint density at radius 3 is 2.24 bits per heavy atom. The number of piperidine rings is 1. The zero-order chi connectivity index (χ0) is 17.2. The number of carbonyl (C=O) groups excluding carboxylic acids is 1. The number of hydrogen-bond donors (Lipinski definition) is 0. The number of benzene rings is 2. The van der Waals surface area contributed by atoms with Gasteiger partial charge in [-0.3, -0.25) is 4.79 Å². The van der Waals surface area contributed by atoms with E-state index in [9.17, 15) is 4.79 Å². The molecule has 1 amide bonds. The van der Waals surface area contributed by atoms with Crippen molar-refractivity contribution >= 4 is 11.6 Å². The van der Waals surface area contributed by atoms with Crippen molar-refractivity contribution in [3.8, 4) is 11.1 Å². The highest BCUT2D eigenvalue weighted by Gasteiger charge is 2.26. The molecule has 0 spiro atoms. The molecule has 0 unspecified atom stereocenters. The molecule has 0 aromatic heterocycles. The smallest absolute Gasteiger partial charge is 0.263 e. The molecular weight excluding hydrogens is 312 g/mol. The molecule has 0 saturated carbocycles. The fourth-order valence-corrected chi connectivity index (χ4v) is 3.80. The lowest BCUT2D eigenvalue weighted by Gasteiger charge is -2.32. The lowest BCUT2D eigenvalue weighted by atomic mass is 10.0. The number of rotatable bonds is 3. The zero-order valence-electron chi connectivity index (χ0n) is 14.4. The van der Waals surface area contributed by atoms with Crippen molar-refractivity contribution in [2.24, 2.45) is 5.16 Å². The van der Waals surface area contributed by atoms with Crippen molar-refractivity contribution in [1.29, 1.82) is 0 Å². The van der Waals surface area contributed by atoms with Crippen molar-refractivity contribution in [1.82, 2.24) is 4.90 Å². The maximum absolute atomic E-state index is 12.4. The summed E-state index contributed by atoms with van der Waals surface area (Å²) in [4.78, 5) is 19.8. The summed E-state index contributed by atoms with van der Waals surface area (Å²) in [5.41, 5.74) is 5.25. The van der Waals surface area contributed by atoms with Crippen LogP contribution in [0.15, 0.2) is 53.7 Å². The van der Waals surface area contributed by atoms with Gasteiger partial charge in [0.05, 0.1) is 0 Å². The van der Waals surface area contributed by atoms with Crippen molar-refractivity contribution in [2.45, 2.75) is 32.2 Å². The topological polar surface area (TPSA) is 41.9 Å². The van der Waals surface area contributed by atoms with Crippen LogP contribution in [0.3, 0.4) is 0 Å². The van der Waals surface area contributed by atoms with E-state index in [4.69, 9.17) is 4.84 Å². The number of oxime groups is 1. The Balaban J connectivity index is 1.53. The van der Waals surface area contributed by atoms with Crippen molar-refractivity contribution in [2.75, 3.05) is 13.2 Å². The van der Waals surface area contributed by atoms with Gasteiger partial charge in [0.25, 0.3) is 5.91 Å². The van der Waals surface area contributed by atoms with Gasteiger partial charge in [-0.05, 0) is 37.3 Å². The van der Waals surface area contributed by atoms with Gasteiger partial charge in [-0.15, -0.1) is 0 Å². The lowest BCUT2D eigenvalue weighted by molar-refractivity contribution is -0.139. The number of carbonyl (C=O) groups is 1. The van der Waals surface area contributed by atoms with Gasteiger partial charge in [0.15, 0.2) is 6.61 Å². The largest absolute Gasteiger partial charge is 0.385 e. The summed E-state index contributed by atoms with van der Waals surface area (Å²) in [7, 11) is 0. The molecule has 1 atom stereocenters. The molecule has 25 heavy (non-hydrogen) atoms. The maximum atomic E-state index is 12.4. The van der Waals surface area contributed by atoms with E-state index in [-0.39, 0.29) is 12.5 Å². The standard InChI is InChI=1S/C21H22N2O2/c1-15-8-6-7-13-23(15)20(24)14-25-22-21-18-11-4-2-9-16(18)17-10-3-5-12-19(17)21/h2-5,9-12,15H,6-8,13-14H2,1H3/t15-/m0/s1. The second kappa shape index (κ2) is 6.71. The molecule has 0 bridgehead atoms. The predicted octanol–water partition coefficient (Wildman–Crippen LogP) is 3.84. The van der Waals surface area contributed by atoms with E-state index in [1.54, 1.807) is 0 Å². The third-order valence-corrected chi connectivity index (χ3v) is 5.12. The van der Waals surface area contributed by atoms with E-state index < -0.39 is 0 Å². The van der Waals surface area contributed by atoms with Crippen LogP contribution >= 0.6 is 0 Å². The van der Waals surface area contributed by atoms with Crippen molar-refractivity contribution < 1.29 is 9.63 Å². The van der Waals surface area contributed by atoms with Crippen LogP contribution in [0, 0.1) is 0 Å². The Labute approximate surface area is 148 Å². The molecule has 2 aromatic carbocycles. The summed E-state index contributed by atoms with van der Waals surface area (Å²) in [6.07, 6.45) is 3.34. The number of nitrogens with zero attached hydrogens (tertiary/aromatic N) is 2. The first kappa shape index (κ1) is 15.9. The average Bonchev–Trinajstić information content (AvgIpc) is 2.96. The third kappa shape index (κ3) is 2.93. The summed E-state index contributed by atoms with van der Waals surface area (Å²) >= 11 is 0. The molecule has 0 N–H and O–H groups in total. The van der Waals surface area contributed by atoms with E-state index in [0.29, 0.717) is 6.04 Å². The summed E-state index contributed by atoms with van der Waals surface area (Å²) < 4.78 is 0.